The van der Waals surface area contributed by atoms with Gasteiger partial charge in [-0.15, -0.1) is 0 Å². The smallest absolute Gasteiger partial charge is 0.129 e. The summed E-state index contributed by atoms with van der Waals surface area (Å²) in [4.78, 5) is 0. The summed E-state index contributed by atoms with van der Waals surface area (Å²) >= 11 is 0. The van der Waals surface area contributed by atoms with Crippen LogP contribution in [0.5, 0.6) is 0 Å². The molecule has 1 aliphatic rings. The van der Waals surface area contributed by atoms with Crippen molar-refractivity contribution in [2.24, 2.45) is 0 Å². The zero-order valence-electron chi connectivity index (χ0n) is 13.0. The first kappa shape index (κ1) is 15.1. The van der Waals surface area contributed by atoms with Crippen LogP contribution in [0.4, 0.5) is 13.2 Å². The Balaban J connectivity index is 1.89. The van der Waals surface area contributed by atoms with Gasteiger partial charge in [0.05, 0.1) is 0 Å². The SMILES string of the molecule is CC(C)(C)c1cc(F)c([C@H]2C[C@H]2c2ccc(F)cc2)c(F)c1. The molecule has 0 spiro atoms. The van der Waals surface area contributed by atoms with Crippen LogP contribution in [-0.2, 0) is 5.41 Å². The summed E-state index contributed by atoms with van der Waals surface area (Å²) < 4.78 is 41.7. The molecule has 0 aliphatic heterocycles. The number of hydrogen-bond donors (Lipinski definition) is 0. The first-order valence-electron chi connectivity index (χ1n) is 7.52. The van der Waals surface area contributed by atoms with Crippen molar-refractivity contribution >= 4 is 0 Å². The number of halogens is 3. The second kappa shape index (κ2) is 5.15. The van der Waals surface area contributed by atoms with Gasteiger partial charge in [0.2, 0.25) is 0 Å². The van der Waals surface area contributed by atoms with E-state index in [-0.39, 0.29) is 28.6 Å². The lowest BCUT2D eigenvalue weighted by atomic mass is 9.86. The summed E-state index contributed by atoms with van der Waals surface area (Å²) in [7, 11) is 0. The highest BCUT2D eigenvalue weighted by Gasteiger charge is 2.43. The predicted octanol–water partition coefficient (Wildman–Crippen LogP) is 5.67. The van der Waals surface area contributed by atoms with E-state index in [4.69, 9.17) is 0 Å². The highest BCUT2D eigenvalue weighted by atomic mass is 19.1. The van der Waals surface area contributed by atoms with Crippen LogP contribution in [-0.4, -0.2) is 0 Å². The number of rotatable bonds is 2. The van der Waals surface area contributed by atoms with Gasteiger partial charge in [0, 0.05) is 5.56 Å². The van der Waals surface area contributed by atoms with Crippen LogP contribution in [0.1, 0.15) is 55.7 Å². The molecule has 0 radical (unpaired) electrons. The lowest BCUT2D eigenvalue weighted by Crippen LogP contribution is -2.13. The van der Waals surface area contributed by atoms with E-state index < -0.39 is 11.6 Å². The summed E-state index contributed by atoms with van der Waals surface area (Å²) in [6.07, 6.45) is 0.703. The maximum atomic E-state index is 14.4. The molecular formula is C19H19F3. The van der Waals surface area contributed by atoms with Gasteiger partial charge in [-0.3, -0.25) is 0 Å². The Morgan fingerprint density at radius 1 is 0.864 bits per heavy atom. The maximum absolute atomic E-state index is 14.4. The van der Waals surface area contributed by atoms with Crippen LogP contribution in [0.3, 0.4) is 0 Å². The predicted molar refractivity (Wildman–Crippen MR) is 81.6 cm³/mol. The topological polar surface area (TPSA) is 0 Å². The van der Waals surface area contributed by atoms with E-state index in [1.165, 1.54) is 24.3 Å². The molecular weight excluding hydrogens is 285 g/mol. The van der Waals surface area contributed by atoms with Gasteiger partial charge in [0.1, 0.15) is 17.5 Å². The number of hydrogen-bond acceptors (Lipinski definition) is 0. The van der Waals surface area contributed by atoms with E-state index in [1.807, 2.05) is 20.8 Å². The fourth-order valence-corrected chi connectivity index (χ4v) is 2.96. The average Bonchev–Trinajstić information content (AvgIpc) is 3.18. The summed E-state index contributed by atoms with van der Waals surface area (Å²) in [5.41, 5.74) is 1.47. The minimum absolute atomic E-state index is 0.0742. The highest BCUT2D eigenvalue weighted by Crippen LogP contribution is 2.56. The van der Waals surface area contributed by atoms with Crippen LogP contribution in [0.15, 0.2) is 36.4 Å². The summed E-state index contributed by atoms with van der Waals surface area (Å²) in [5.74, 6) is -1.32. The lowest BCUT2D eigenvalue weighted by molar-refractivity contribution is 0.527. The fourth-order valence-electron chi connectivity index (χ4n) is 2.96. The zero-order valence-corrected chi connectivity index (χ0v) is 13.0. The van der Waals surface area contributed by atoms with Gasteiger partial charge in [0.25, 0.3) is 0 Å². The Morgan fingerprint density at radius 2 is 1.41 bits per heavy atom. The van der Waals surface area contributed by atoms with Crippen molar-refractivity contribution in [1.82, 2.24) is 0 Å². The molecule has 0 heterocycles. The Morgan fingerprint density at radius 3 is 1.91 bits per heavy atom. The van der Waals surface area contributed by atoms with Crippen molar-refractivity contribution in [3.63, 3.8) is 0 Å². The summed E-state index contributed by atoms with van der Waals surface area (Å²) in [6, 6.07) is 9.05. The summed E-state index contributed by atoms with van der Waals surface area (Å²) in [6.45, 7) is 5.79. The van der Waals surface area contributed by atoms with Crippen LogP contribution in [0.25, 0.3) is 0 Å². The van der Waals surface area contributed by atoms with Crippen LogP contribution in [0, 0.1) is 17.5 Å². The molecule has 3 heteroatoms. The van der Waals surface area contributed by atoms with Gasteiger partial charge in [0.15, 0.2) is 0 Å². The van der Waals surface area contributed by atoms with Gasteiger partial charge < -0.3 is 0 Å². The molecule has 116 valence electrons. The summed E-state index contributed by atoms with van der Waals surface area (Å²) in [5, 5.41) is 0. The highest BCUT2D eigenvalue weighted by molar-refractivity contribution is 5.40. The van der Waals surface area contributed by atoms with Gasteiger partial charge >= 0.3 is 0 Å². The van der Waals surface area contributed by atoms with E-state index in [0.29, 0.717) is 12.0 Å². The van der Waals surface area contributed by atoms with Gasteiger partial charge in [-0.25, -0.2) is 13.2 Å². The molecule has 0 amide bonds. The van der Waals surface area contributed by atoms with Crippen molar-refractivity contribution in [2.45, 2.75) is 44.4 Å². The molecule has 2 aromatic carbocycles. The van der Waals surface area contributed by atoms with Crippen LogP contribution in [0.2, 0.25) is 0 Å². The molecule has 1 fully saturated rings. The third-order valence-corrected chi connectivity index (χ3v) is 4.40. The number of benzene rings is 2. The molecule has 0 bridgehead atoms. The van der Waals surface area contributed by atoms with E-state index in [9.17, 15) is 13.2 Å². The molecule has 1 saturated carbocycles. The molecule has 2 aromatic rings. The monoisotopic (exact) mass is 304 g/mol. The Hall–Kier alpha value is -1.77. The lowest BCUT2D eigenvalue weighted by Gasteiger charge is -2.20. The molecule has 0 N–H and O–H groups in total. The molecule has 0 aromatic heterocycles. The van der Waals surface area contributed by atoms with Gasteiger partial charge in [-0.05, 0) is 59.1 Å². The molecule has 2 atom stereocenters. The van der Waals surface area contributed by atoms with Crippen molar-refractivity contribution in [3.05, 3.63) is 70.5 Å². The minimum Gasteiger partial charge on any atom is -0.207 e. The minimum atomic E-state index is -0.473. The molecule has 22 heavy (non-hydrogen) atoms. The molecule has 1 aliphatic carbocycles. The van der Waals surface area contributed by atoms with Crippen molar-refractivity contribution < 1.29 is 13.2 Å². The quantitative estimate of drug-likeness (QED) is 0.670. The second-order valence-corrected chi connectivity index (χ2v) is 7.10. The van der Waals surface area contributed by atoms with E-state index in [2.05, 4.69) is 0 Å². The fraction of sp³-hybridized carbons (Fsp3) is 0.368. The van der Waals surface area contributed by atoms with Gasteiger partial charge in [-0.2, -0.15) is 0 Å². The van der Waals surface area contributed by atoms with Gasteiger partial charge in [-0.1, -0.05) is 32.9 Å². The second-order valence-electron chi connectivity index (χ2n) is 7.10. The normalized spacial score (nSPS) is 21.0. The van der Waals surface area contributed by atoms with E-state index >= 15 is 0 Å². The Bertz CT molecular complexity index is 673. The molecule has 0 unspecified atom stereocenters. The van der Waals surface area contributed by atoms with E-state index in [0.717, 1.165) is 5.56 Å². The van der Waals surface area contributed by atoms with Crippen molar-refractivity contribution in [3.8, 4) is 0 Å². The zero-order chi connectivity index (χ0) is 16.1. The largest absolute Gasteiger partial charge is 0.207 e. The first-order valence-corrected chi connectivity index (χ1v) is 7.52. The van der Waals surface area contributed by atoms with Crippen LogP contribution >= 0.6 is 0 Å². The molecule has 3 rings (SSSR count). The molecule has 0 nitrogen and oxygen atoms in total. The third kappa shape index (κ3) is 2.77. The molecule has 0 saturated heterocycles. The Kier molecular flexibility index (Phi) is 3.54. The van der Waals surface area contributed by atoms with Crippen molar-refractivity contribution in [1.29, 1.82) is 0 Å². The maximum Gasteiger partial charge on any atom is 0.129 e. The average molecular weight is 304 g/mol. The third-order valence-electron chi connectivity index (χ3n) is 4.40. The van der Waals surface area contributed by atoms with Crippen molar-refractivity contribution in [2.75, 3.05) is 0 Å². The standard InChI is InChI=1S/C19H19F3/c1-19(2,3)12-8-16(21)18(17(22)9-12)15-10-14(15)11-4-6-13(20)7-5-11/h4-9,14-15H,10H2,1-3H3/t14-,15-/m0/s1. The first-order chi connectivity index (χ1) is 10.3. The Labute approximate surface area is 129 Å². The van der Waals surface area contributed by atoms with E-state index in [1.54, 1.807) is 12.1 Å². The van der Waals surface area contributed by atoms with Crippen LogP contribution < -0.4 is 0 Å².